The van der Waals surface area contributed by atoms with Gasteiger partial charge in [0.1, 0.15) is 5.75 Å². The zero-order valence-electron chi connectivity index (χ0n) is 16.1. The van der Waals surface area contributed by atoms with Gasteiger partial charge in [-0.3, -0.25) is 9.59 Å². The molecule has 6 nitrogen and oxygen atoms in total. The largest absolute Gasteiger partial charge is 0.478 e. The standard InChI is InChI=1S/C23H21NO5/c1-28-20(25)10-8-16-7-9-19-18(15-16)21(26)23(29-19)11-13-24(14-12-23)22(27)17-5-3-2-4-6-17/h2-10,15H,11-14H2,1H3/b10-8+. The summed E-state index contributed by atoms with van der Waals surface area (Å²) in [5.41, 5.74) is 0.965. The van der Waals surface area contributed by atoms with Gasteiger partial charge in [0.15, 0.2) is 5.60 Å². The highest BCUT2D eigenvalue weighted by Gasteiger charge is 2.50. The molecule has 2 aliphatic rings. The summed E-state index contributed by atoms with van der Waals surface area (Å²) in [7, 11) is 1.31. The van der Waals surface area contributed by atoms with Gasteiger partial charge in [0.2, 0.25) is 5.78 Å². The lowest BCUT2D eigenvalue weighted by Gasteiger charge is -2.37. The number of rotatable bonds is 3. The summed E-state index contributed by atoms with van der Waals surface area (Å²) >= 11 is 0. The highest BCUT2D eigenvalue weighted by molar-refractivity contribution is 6.08. The Balaban J connectivity index is 1.48. The number of carbonyl (C=O) groups excluding carboxylic acids is 3. The third-order valence-electron chi connectivity index (χ3n) is 5.46. The lowest BCUT2D eigenvalue weighted by Crippen LogP contribution is -2.51. The van der Waals surface area contributed by atoms with Crippen LogP contribution in [0.5, 0.6) is 5.75 Å². The van der Waals surface area contributed by atoms with Crippen LogP contribution < -0.4 is 4.74 Å². The number of nitrogens with zero attached hydrogens (tertiary/aromatic N) is 1. The third kappa shape index (κ3) is 3.53. The minimum Gasteiger partial charge on any atom is -0.478 e. The molecular formula is C23H21NO5. The van der Waals surface area contributed by atoms with Crippen LogP contribution in [0.3, 0.4) is 0 Å². The second kappa shape index (κ2) is 7.54. The molecule has 148 valence electrons. The van der Waals surface area contributed by atoms with Gasteiger partial charge in [-0.15, -0.1) is 0 Å². The number of fused-ring (bicyclic) bond motifs is 1. The summed E-state index contributed by atoms with van der Waals surface area (Å²) in [5, 5.41) is 0. The fourth-order valence-electron chi connectivity index (χ4n) is 3.82. The van der Waals surface area contributed by atoms with Gasteiger partial charge in [0, 0.05) is 37.6 Å². The Bertz CT molecular complexity index is 988. The van der Waals surface area contributed by atoms with E-state index in [-0.39, 0.29) is 11.7 Å². The summed E-state index contributed by atoms with van der Waals surface area (Å²) in [6.45, 7) is 0.922. The fourth-order valence-corrected chi connectivity index (χ4v) is 3.82. The quantitative estimate of drug-likeness (QED) is 0.594. The second-order valence-corrected chi connectivity index (χ2v) is 7.20. The molecule has 0 saturated carbocycles. The predicted molar refractivity (Wildman–Crippen MR) is 107 cm³/mol. The van der Waals surface area contributed by atoms with Crippen molar-refractivity contribution in [1.29, 1.82) is 0 Å². The summed E-state index contributed by atoms with van der Waals surface area (Å²) in [5.74, 6) is -0.000624. The number of likely N-dealkylation sites (tertiary alicyclic amines) is 1. The SMILES string of the molecule is COC(=O)/C=C/c1ccc2c(c1)C(=O)C1(CCN(C(=O)c3ccccc3)CC1)O2. The molecule has 0 aliphatic carbocycles. The van der Waals surface area contributed by atoms with E-state index in [9.17, 15) is 14.4 Å². The maximum absolute atomic E-state index is 13.1. The number of amides is 1. The number of Topliss-reactive ketones (excluding diaryl/α,β-unsaturated/α-hetero) is 1. The van der Waals surface area contributed by atoms with Gasteiger partial charge in [-0.2, -0.15) is 0 Å². The van der Waals surface area contributed by atoms with Gasteiger partial charge in [0.25, 0.3) is 5.91 Å². The Kier molecular flexibility index (Phi) is 4.92. The molecule has 4 rings (SSSR count). The molecule has 29 heavy (non-hydrogen) atoms. The van der Waals surface area contributed by atoms with Gasteiger partial charge in [-0.25, -0.2) is 4.79 Å². The Morgan fingerprint density at radius 1 is 1.10 bits per heavy atom. The first kappa shape index (κ1) is 18.9. The number of ether oxygens (including phenoxy) is 2. The summed E-state index contributed by atoms with van der Waals surface area (Å²) in [6.07, 6.45) is 3.82. The van der Waals surface area contributed by atoms with Crippen LogP contribution >= 0.6 is 0 Å². The van der Waals surface area contributed by atoms with Crippen LogP contribution in [0.4, 0.5) is 0 Å². The number of methoxy groups -OCH3 is 1. The molecule has 2 heterocycles. The number of hydrogen-bond acceptors (Lipinski definition) is 5. The molecule has 1 spiro atoms. The van der Waals surface area contributed by atoms with Crippen LogP contribution in [0.1, 0.15) is 39.1 Å². The Morgan fingerprint density at radius 2 is 1.83 bits per heavy atom. The van der Waals surface area contributed by atoms with Gasteiger partial charge in [-0.1, -0.05) is 24.3 Å². The number of ketones is 1. The highest BCUT2D eigenvalue weighted by atomic mass is 16.5. The van der Waals surface area contributed by atoms with Crippen LogP contribution in [0.15, 0.2) is 54.6 Å². The predicted octanol–water partition coefficient (Wildman–Crippen LogP) is 3.12. The van der Waals surface area contributed by atoms with Crippen LogP contribution in [0.25, 0.3) is 6.08 Å². The van der Waals surface area contributed by atoms with Crippen molar-refractivity contribution >= 4 is 23.7 Å². The first-order chi connectivity index (χ1) is 14.0. The van der Waals surface area contributed by atoms with E-state index in [0.29, 0.717) is 42.8 Å². The molecule has 2 aliphatic heterocycles. The number of esters is 1. The molecular weight excluding hydrogens is 370 g/mol. The van der Waals surface area contributed by atoms with Crippen LogP contribution in [-0.2, 0) is 9.53 Å². The van der Waals surface area contributed by atoms with Crippen LogP contribution in [-0.4, -0.2) is 48.4 Å². The molecule has 0 atom stereocenters. The van der Waals surface area contributed by atoms with Crippen LogP contribution in [0, 0.1) is 0 Å². The molecule has 0 bridgehead atoms. The zero-order chi connectivity index (χ0) is 20.4. The van der Waals surface area contributed by atoms with E-state index in [1.165, 1.54) is 13.2 Å². The van der Waals surface area contributed by atoms with E-state index in [2.05, 4.69) is 4.74 Å². The fraction of sp³-hybridized carbons (Fsp3) is 0.261. The summed E-state index contributed by atoms with van der Waals surface area (Å²) in [6, 6.07) is 14.4. The maximum atomic E-state index is 13.1. The lowest BCUT2D eigenvalue weighted by atomic mass is 9.85. The average Bonchev–Trinajstić information content (AvgIpc) is 3.03. The van der Waals surface area contributed by atoms with Gasteiger partial charge >= 0.3 is 5.97 Å². The van der Waals surface area contributed by atoms with Crippen molar-refractivity contribution < 1.29 is 23.9 Å². The van der Waals surface area contributed by atoms with E-state index in [1.807, 2.05) is 18.2 Å². The smallest absolute Gasteiger partial charge is 0.330 e. The van der Waals surface area contributed by atoms with Crippen molar-refractivity contribution in [2.75, 3.05) is 20.2 Å². The molecule has 0 N–H and O–H groups in total. The third-order valence-corrected chi connectivity index (χ3v) is 5.46. The van der Waals surface area contributed by atoms with Crippen molar-refractivity contribution in [2.45, 2.75) is 18.4 Å². The Labute approximate surface area is 168 Å². The van der Waals surface area contributed by atoms with E-state index in [0.717, 1.165) is 5.56 Å². The molecule has 1 saturated heterocycles. The zero-order valence-corrected chi connectivity index (χ0v) is 16.1. The van der Waals surface area contributed by atoms with E-state index in [4.69, 9.17) is 4.74 Å². The summed E-state index contributed by atoms with van der Waals surface area (Å²) in [4.78, 5) is 38.8. The van der Waals surface area contributed by atoms with Crippen molar-refractivity contribution in [3.8, 4) is 5.75 Å². The number of piperidine rings is 1. The van der Waals surface area contributed by atoms with Crippen molar-refractivity contribution in [3.63, 3.8) is 0 Å². The van der Waals surface area contributed by atoms with Crippen LogP contribution in [0.2, 0.25) is 0 Å². The molecule has 0 unspecified atom stereocenters. The van der Waals surface area contributed by atoms with Gasteiger partial charge in [0.05, 0.1) is 12.7 Å². The number of hydrogen-bond donors (Lipinski definition) is 0. The Hall–Kier alpha value is -3.41. The number of benzene rings is 2. The monoisotopic (exact) mass is 391 g/mol. The average molecular weight is 391 g/mol. The molecule has 6 heteroatoms. The van der Waals surface area contributed by atoms with Gasteiger partial charge < -0.3 is 14.4 Å². The van der Waals surface area contributed by atoms with Crippen molar-refractivity contribution in [3.05, 3.63) is 71.3 Å². The normalized spacial score (nSPS) is 17.3. The van der Waals surface area contributed by atoms with Crippen molar-refractivity contribution in [1.82, 2.24) is 4.90 Å². The minimum absolute atomic E-state index is 0.0290. The minimum atomic E-state index is -0.916. The summed E-state index contributed by atoms with van der Waals surface area (Å²) < 4.78 is 10.7. The molecule has 1 amide bonds. The highest BCUT2D eigenvalue weighted by Crippen LogP contribution is 2.41. The van der Waals surface area contributed by atoms with Crippen molar-refractivity contribution in [2.24, 2.45) is 0 Å². The first-order valence-electron chi connectivity index (χ1n) is 9.51. The molecule has 1 fully saturated rings. The Morgan fingerprint density at radius 3 is 2.52 bits per heavy atom. The topological polar surface area (TPSA) is 72.9 Å². The van der Waals surface area contributed by atoms with E-state index < -0.39 is 11.6 Å². The van der Waals surface area contributed by atoms with Gasteiger partial charge in [-0.05, 0) is 35.9 Å². The number of carbonyl (C=O) groups is 3. The molecule has 2 aromatic carbocycles. The molecule has 0 radical (unpaired) electrons. The van der Waals surface area contributed by atoms with E-state index >= 15 is 0 Å². The molecule has 2 aromatic rings. The lowest BCUT2D eigenvalue weighted by molar-refractivity contribution is -0.134. The maximum Gasteiger partial charge on any atom is 0.330 e. The first-order valence-corrected chi connectivity index (χ1v) is 9.51. The molecule has 0 aromatic heterocycles. The second-order valence-electron chi connectivity index (χ2n) is 7.20. The van der Waals surface area contributed by atoms with E-state index in [1.54, 1.807) is 41.3 Å².